The van der Waals surface area contributed by atoms with Crippen molar-refractivity contribution < 1.29 is 23.5 Å². The molecule has 1 N–H and O–H groups in total. The first-order valence-electron chi connectivity index (χ1n) is 14.9. The normalized spacial score (nSPS) is 13.7. The fourth-order valence-corrected chi connectivity index (χ4v) is 5.80. The molecule has 0 unspecified atom stereocenters. The van der Waals surface area contributed by atoms with E-state index in [1.807, 2.05) is 36.4 Å². The van der Waals surface area contributed by atoms with Gasteiger partial charge < -0.3 is 19.5 Å². The zero-order valence-corrected chi connectivity index (χ0v) is 24.9. The number of nitrogens with zero attached hydrogens (tertiary/aromatic N) is 3. The van der Waals surface area contributed by atoms with E-state index in [4.69, 9.17) is 0 Å². The summed E-state index contributed by atoms with van der Waals surface area (Å²) in [6, 6.07) is 27.4. The van der Waals surface area contributed by atoms with Crippen LogP contribution in [0.25, 0.3) is 16.5 Å². The SMILES string of the molecule is O=C(/C=C(\O)c1cc(Cc2ccc(F)cc2)cn(Cc2ccccc2F)c1=O)C(=O)N1CCN(c2cccc3ccccc23)CC1. The van der Waals surface area contributed by atoms with Gasteiger partial charge in [0.2, 0.25) is 5.78 Å². The molecule has 7 nitrogen and oxygen atoms in total. The quantitative estimate of drug-likeness (QED) is 0.136. The minimum atomic E-state index is -0.958. The Morgan fingerprint density at radius 1 is 0.804 bits per heavy atom. The molecular formula is C37H31F2N3O4. The van der Waals surface area contributed by atoms with Crippen molar-refractivity contribution in [1.29, 1.82) is 0 Å². The zero-order valence-electron chi connectivity index (χ0n) is 24.9. The lowest BCUT2D eigenvalue weighted by molar-refractivity contribution is -0.142. The van der Waals surface area contributed by atoms with Crippen molar-refractivity contribution in [3.8, 4) is 0 Å². The molecule has 1 amide bonds. The Morgan fingerprint density at radius 3 is 2.26 bits per heavy atom. The van der Waals surface area contributed by atoms with Crippen LogP contribution < -0.4 is 10.5 Å². The smallest absolute Gasteiger partial charge is 0.294 e. The summed E-state index contributed by atoms with van der Waals surface area (Å²) in [6.07, 6.45) is 2.58. The minimum Gasteiger partial charge on any atom is -0.507 e. The number of rotatable bonds is 8. The van der Waals surface area contributed by atoms with Crippen LogP contribution >= 0.6 is 0 Å². The Balaban J connectivity index is 1.22. The van der Waals surface area contributed by atoms with Crippen LogP contribution in [0.3, 0.4) is 0 Å². The second kappa shape index (κ2) is 13.2. The number of hydrogen-bond acceptors (Lipinski definition) is 5. The van der Waals surface area contributed by atoms with Crippen molar-refractivity contribution in [2.75, 3.05) is 31.1 Å². The molecular weight excluding hydrogens is 588 g/mol. The Labute approximate surface area is 264 Å². The average molecular weight is 620 g/mol. The van der Waals surface area contributed by atoms with Gasteiger partial charge in [-0.1, -0.05) is 66.7 Å². The number of ketones is 1. The van der Waals surface area contributed by atoms with Crippen LogP contribution in [0.1, 0.15) is 22.3 Å². The maximum Gasteiger partial charge on any atom is 0.294 e. The summed E-state index contributed by atoms with van der Waals surface area (Å²) in [6.45, 7) is 1.54. The number of piperazine rings is 1. The van der Waals surface area contributed by atoms with Gasteiger partial charge in [-0.3, -0.25) is 14.4 Å². The Kier molecular flexibility index (Phi) is 8.74. The summed E-state index contributed by atoms with van der Waals surface area (Å²) < 4.78 is 29.2. The molecule has 1 fully saturated rings. The molecule has 0 radical (unpaired) electrons. The Bertz CT molecular complexity index is 2010. The van der Waals surface area contributed by atoms with E-state index in [-0.39, 0.29) is 24.1 Å². The predicted octanol–water partition coefficient (Wildman–Crippen LogP) is 5.74. The van der Waals surface area contributed by atoms with Crippen molar-refractivity contribution in [1.82, 2.24) is 9.47 Å². The third-order valence-corrected chi connectivity index (χ3v) is 8.19. The van der Waals surface area contributed by atoms with Gasteiger partial charge in [0.15, 0.2) is 0 Å². The molecule has 6 rings (SSSR count). The van der Waals surface area contributed by atoms with Gasteiger partial charge in [-0.05, 0) is 53.3 Å². The summed E-state index contributed by atoms with van der Waals surface area (Å²) in [5.41, 5.74) is 1.73. The molecule has 1 aromatic heterocycles. The van der Waals surface area contributed by atoms with Gasteiger partial charge in [0.05, 0.1) is 12.1 Å². The highest BCUT2D eigenvalue weighted by Gasteiger charge is 2.26. The number of hydrogen-bond donors (Lipinski definition) is 1. The summed E-state index contributed by atoms with van der Waals surface area (Å²) in [5, 5.41) is 13.2. The van der Waals surface area contributed by atoms with Crippen molar-refractivity contribution >= 4 is 33.9 Å². The van der Waals surface area contributed by atoms with E-state index >= 15 is 0 Å². The number of halogens is 2. The largest absolute Gasteiger partial charge is 0.507 e. The second-order valence-corrected chi connectivity index (χ2v) is 11.3. The van der Waals surface area contributed by atoms with Gasteiger partial charge in [-0.2, -0.15) is 0 Å². The van der Waals surface area contributed by atoms with E-state index in [2.05, 4.69) is 11.0 Å². The molecule has 0 aliphatic carbocycles. The third kappa shape index (κ3) is 6.58. The summed E-state index contributed by atoms with van der Waals surface area (Å²) in [7, 11) is 0. The second-order valence-electron chi connectivity index (χ2n) is 11.3. The number of carbonyl (C=O) groups is 2. The number of aromatic nitrogens is 1. The van der Waals surface area contributed by atoms with Gasteiger partial charge in [0, 0.05) is 55.1 Å². The molecule has 1 aliphatic rings. The molecule has 9 heteroatoms. The van der Waals surface area contributed by atoms with Crippen LogP contribution in [-0.2, 0) is 22.6 Å². The molecule has 0 bridgehead atoms. The maximum atomic E-state index is 14.5. The molecule has 1 aliphatic heterocycles. The molecule has 4 aromatic carbocycles. The van der Waals surface area contributed by atoms with Gasteiger partial charge >= 0.3 is 0 Å². The van der Waals surface area contributed by atoms with E-state index in [0.717, 1.165) is 28.1 Å². The monoisotopic (exact) mass is 619 g/mol. The summed E-state index contributed by atoms with van der Waals surface area (Å²) >= 11 is 0. The predicted molar refractivity (Wildman–Crippen MR) is 174 cm³/mol. The first kappa shape index (κ1) is 30.5. The lowest BCUT2D eigenvalue weighted by atomic mass is 10.0. The van der Waals surface area contributed by atoms with Crippen LogP contribution in [0.15, 0.2) is 114 Å². The van der Waals surface area contributed by atoms with E-state index in [9.17, 15) is 28.3 Å². The topological polar surface area (TPSA) is 82.8 Å². The molecule has 0 spiro atoms. The molecule has 0 atom stereocenters. The van der Waals surface area contributed by atoms with Crippen molar-refractivity contribution in [2.45, 2.75) is 13.0 Å². The van der Waals surface area contributed by atoms with Gasteiger partial charge in [0.25, 0.3) is 11.5 Å². The molecule has 2 heterocycles. The molecule has 1 saturated heterocycles. The fraction of sp³-hybridized carbons (Fsp3) is 0.162. The standard InChI is InChI=1S/C37H31F2N3O4/c38-29-14-12-25(13-15-29)20-26-21-31(36(45)42(23-26)24-28-7-2-4-10-32(28)39)34(43)22-35(44)37(46)41-18-16-40(17-19-41)33-11-5-8-27-6-1-3-9-30(27)33/h1-15,21-23,43H,16-20,24H2/b34-22-. The van der Waals surface area contributed by atoms with Crippen molar-refractivity contribution in [3.05, 3.63) is 154 Å². The van der Waals surface area contributed by atoms with Gasteiger partial charge in [-0.15, -0.1) is 0 Å². The number of amides is 1. The third-order valence-electron chi connectivity index (χ3n) is 8.19. The van der Waals surface area contributed by atoms with Crippen molar-refractivity contribution in [3.63, 3.8) is 0 Å². The van der Waals surface area contributed by atoms with E-state index in [0.29, 0.717) is 31.7 Å². The van der Waals surface area contributed by atoms with E-state index < -0.39 is 34.6 Å². The number of pyridine rings is 1. The highest BCUT2D eigenvalue weighted by atomic mass is 19.1. The Hall–Kier alpha value is -5.57. The number of anilines is 1. The average Bonchev–Trinajstić information content (AvgIpc) is 3.07. The van der Waals surface area contributed by atoms with Crippen LogP contribution in [0, 0.1) is 11.6 Å². The van der Waals surface area contributed by atoms with Crippen molar-refractivity contribution in [2.24, 2.45) is 0 Å². The van der Waals surface area contributed by atoms with Crippen LogP contribution in [0.2, 0.25) is 0 Å². The first-order chi connectivity index (χ1) is 22.3. The summed E-state index contributed by atoms with van der Waals surface area (Å²) in [5.74, 6) is -3.30. The van der Waals surface area contributed by atoms with E-state index in [1.165, 1.54) is 39.9 Å². The number of aliphatic hydroxyl groups excluding tert-OH is 1. The molecule has 5 aromatic rings. The maximum absolute atomic E-state index is 14.5. The van der Waals surface area contributed by atoms with Crippen LogP contribution in [0.4, 0.5) is 14.5 Å². The van der Waals surface area contributed by atoms with E-state index in [1.54, 1.807) is 30.3 Å². The first-order valence-corrected chi connectivity index (χ1v) is 14.9. The highest BCUT2D eigenvalue weighted by Crippen LogP contribution is 2.27. The molecule has 0 saturated carbocycles. The Morgan fingerprint density at radius 2 is 1.50 bits per heavy atom. The zero-order chi connectivity index (χ0) is 32.2. The van der Waals surface area contributed by atoms with Gasteiger partial charge in [-0.25, -0.2) is 8.78 Å². The number of aliphatic hydroxyl groups is 1. The molecule has 46 heavy (non-hydrogen) atoms. The van der Waals surface area contributed by atoms with Gasteiger partial charge in [0.1, 0.15) is 17.4 Å². The number of benzene rings is 4. The molecule has 232 valence electrons. The lowest BCUT2D eigenvalue weighted by Crippen LogP contribution is -2.50. The highest BCUT2D eigenvalue weighted by molar-refractivity contribution is 6.41. The minimum absolute atomic E-state index is 0.128. The lowest BCUT2D eigenvalue weighted by Gasteiger charge is -2.36. The van der Waals surface area contributed by atoms with Crippen LogP contribution in [-0.4, -0.2) is 52.4 Å². The number of fused-ring (bicyclic) bond motifs is 1. The fourth-order valence-electron chi connectivity index (χ4n) is 5.80. The number of carbonyl (C=O) groups excluding carboxylic acids is 2. The van der Waals surface area contributed by atoms with Crippen LogP contribution in [0.5, 0.6) is 0 Å². The summed E-state index contributed by atoms with van der Waals surface area (Å²) in [4.78, 5) is 43.3.